The van der Waals surface area contributed by atoms with Crippen LogP contribution < -0.4 is 0 Å². The van der Waals surface area contributed by atoms with Gasteiger partial charge in [-0.3, -0.25) is 19.2 Å². The van der Waals surface area contributed by atoms with E-state index in [0.717, 1.165) is 103 Å². The van der Waals surface area contributed by atoms with E-state index in [1.807, 2.05) is 13.8 Å². The van der Waals surface area contributed by atoms with Gasteiger partial charge in [-0.25, -0.2) is 0 Å². The fourth-order valence-corrected chi connectivity index (χ4v) is 3.76. The first-order valence-electron chi connectivity index (χ1n) is 16.0. The van der Waals surface area contributed by atoms with Crippen LogP contribution in [0, 0.1) is 0 Å². The predicted molar refractivity (Wildman–Crippen MR) is 159 cm³/mol. The Balaban J connectivity index is 0. The van der Waals surface area contributed by atoms with Crippen LogP contribution in [-0.4, -0.2) is 50.3 Å². The summed E-state index contributed by atoms with van der Waals surface area (Å²) in [5, 5.41) is 0. The Hall–Kier alpha value is -2.12. The first-order chi connectivity index (χ1) is 19.4. The van der Waals surface area contributed by atoms with Crippen LogP contribution >= 0.6 is 0 Å². The summed E-state index contributed by atoms with van der Waals surface area (Å²) in [5.41, 5.74) is 0. The molecule has 8 nitrogen and oxygen atoms in total. The summed E-state index contributed by atoms with van der Waals surface area (Å²) in [6.45, 7) is 9.85. The van der Waals surface area contributed by atoms with Crippen molar-refractivity contribution in [3.8, 4) is 0 Å². The molecule has 0 rings (SSSR count). The minimum atomic E-state index is -0.0974. The van der Waals surface area contributed by atoms with Crippen molar-refractivity contribution in [3.05, 3.63) is 0 Å². The SMILES string of the molecule is CCCCOC(=O)CCCCCCCCC(=O)OCCCC.CCOC(=O)CCCCCCCCC(=O)OCC. The van der Waals surface area contributed by atoms with Crippen molar-refractivity contribution in [1.29, 1.82) is 0 Å². The summed E-state index contributed by atoms with van der Waals surface area (Å²) in [7, 11) is 0. The van der Waals surface area contributed by atoms with Crippen LogP contribution in [0.3, 0.4) is 0 Å². The summed E-state index contributed by atoms with van der Waals surface area (Å²) in [6.07, 6.45) is 18.4. The van der Waals surface area contributed by atoms with Crippen LogP contribution in [0.15, 0.2) is 0 Å². The van der Waals surface area contributed by atoms with Crippen molar-refractivity contribution < 1.29 is 38.1 Å². The molecule has 0 heterocycles. The zero-order chi connectivity index (χ0) is 30.1. The molecule has 40 heavy (non-hydrogen) atoms. The van der Waals surface area contributed by atoms with Gasteiger partial charge in [0.25, 0.3) is 0 Å². The van der Waals surface area contributed by atoms with E-state index in [4.69, 9.17) is 18.9 Å². The molecule has 8 heteroatoms. The Morgan fingerprint density at radius 2 is 0.600 bits per heavy atom. The number of carbonyl (C=O) groups is 4. The maximum Gasteiger partial charge on any atom is 0.305 e. The second-order valence-electron chi connectivity index (χ2n) is 10.0. The Morgan fingerprint density at radius 1 is 0.350 bits per heavy atom. The lowest BCUT2D eigenvalue weighted by atomic mass is 10.1. The van der Waals surface area contributed by atoms with Gasteiger partial charge < -0.3 is 18.9 Å². The summed E-state index contributed by atoms with van der Waals surface area (Å²) in [6, 6.07) is 0. The van der Waals surface area contributed by atoms with Gasteiger partial charge in [0, 0.05) is 25.7 Å². The zero-order valence-corrected chi connectivity index (χ0v) is 26.2. The second-order valence-corrected chi connectivity index (χ2v) is 10.0. The maximum atomic E-state index is 11.4. The highest BCUT2D eigenvalue weighted by atomic mass is 16.5. The van der Waals surface area contributed by atoms with E-state index in [1.54, 1.807) is 0 Å². The summed E-state index contributed by atoms with van der Waals surface area (Å²) < 4.78 is 19.9. The summed E-state index contributed by atoms with van der Waals surface area (Å²) in [4.78, 5) is 44.8. The third-order valence-electron chi connectivity index (χ3n) is 6.16. The zero-order valence-electron chi connectivity index (χ0n) is 26.2. The third-order valence-corrected chi connectivity index (χ3v) is 6.16. The van der Waals surface area contributed by atoms with Crippen LogP contribution in [0.4, 0.5) is 0 Å². The van der Waals surface area contributed by atoms with Crippen LogP contribution in [0.2, 0.25) is 0 Å². The lowest BCUT2D eigenvalue weighted by molar-refractivity contribution is -0.144. The summed E-state index contributed by atoms with van der Waals surface area (Å²) >= 11 is 0. The van der Waals surface area contributed by atoms with Crippen molar-refractivity contribution in [2.45, 2.75) is 156 Å². The molecule has 0 fully saturated rings. The van der Waals surface area contributed by atoms with Crippen molar-refractivity contribution in [1.82, 2.24) is 0 Å². The molecule has 0 saturated heterocycles. The molecular formula is C32H60O8. The number of esters is 4. The lowest BCUT2D eigenvalue weighted by Crippen LogP contribution is -2.05. The molecule has 0 saturated carbocycles. The van der Waals surface area contributed by atoms with Crippen LogP contribution in [-0.2, 0) is 38.1 Å². The number of hydrogen-bond donors (Lipinski definition) is 0. The van der Waals surface area contributed by atoms with E-state index in [9.17, 15) is 19.2 Å². The minimum Gasteiger partial charge on any atom is -0.466 e. The normalized spacial score (nSPS) is 10.3. The molecule has 0 atom stereocenters. The number of unbranched alkanes of at least 4 members (excludes halogenated alkanes) is 12. The van der Waals surface area contributed by atoms with Crippen LogP contribution in [0.25, 0.3) is 0 Å². The first-order valence-corrected chi connectivity index (χ1v) is 16.0. The molecule has 0 aliphatic heterocycles. The fourth-order valence-electron chi connectivity index (χ4n) is 3.76. The smallest absolute Gasteiger partial charge is 0.305 e. The molecule has 0 N–H and O–H groups in total. The van der Waals surface area contributed by atoms with Gasteiger partial charge in [-0.05, 0) is 52.4 Å². The van der Waals surface area contributed by atoms with Gasteiger partial charge in [0.1, 0.15) is 0 Å². The molecule has 0 unspecified atom stereocenters. The molecule has 0 amide bonds. The number of rotatable bonds is 26. The molecule has 0 bridgehead atoms. The molecular weight excluding hydrogens is 512 g/mol. The topological polar surface area (TPSA) is 105 Å². The molecule has 0 aliphatic carbocycles. The average molecular weight is 573 g/mol. The van der Waals surface area contributed by atoms with E-state index in [1.165, 1.54) is 0 Å². The third kappa shape index (κ3) is 33.9. The number of carbonyl (C=O) groups excluding carboxylic acids is 4. The van der Waals surface area contributed by atoms with Gasteiger partial charge in [0.05, 0.1) is 26.4 Å². The second kappa shape index (κ2) is 33.1. The van der Waals surface area contributed by atoms with Crippen molar-refractivity contribution >= 4 is 23.9 Å². The van der Waals surface area contributed by atoms with E-state index >= 15 is 0 Å². The summed E-state index contributed by atoms with van der Waals surface area (Å²) in [5.74, 6) is -0.328. The van der Waals surface area contributed by atoms with Crippen molar-refractivity contribution in [3.63, 3.8) is 0 Å². The van der Waals surface area contributed by atoms with Gasteiger partial charge in [0.2, 0.25) is 0 Å². The van der Waals surface area contributed by atoms with Crippen LogP contribution in [0.5, 0.6) is 0 Å². The predicted octanol–water partition coefficient (Wildman–Crippen LogP) is 8.03. The molecule has 0 aromatic rings. The van der Waals surface area contributed by atoms with Gasteiger partial charge in [0.15, 0.2) is 0 Å². The van der Waals surface area contributed by atoms with Gasteiger partial charge >= 0.3 is 23.9 Å². The number of ether oxygens (including phenoxy) is 4. The van der Waals surface area contributed by atoms with Gasteiger partial charge in [-0.15, -0.1) is 0 Å². The number of hydrogen-bond acceptors (Lipinski definition) is 8. The largest absolute Gasteiger partial charge is 0.466 e. The highest BCUT2D eigenvalue weighted by molar-refractivity contribution is 5.70. The molecule has 0 aromatic carbocycles. The molecule has 0 aliphatic rings. The average Bonchev–Trinajstić information content (AvgIpc) is 2.92. The highest BCUT2D eigenvalue weighted by Crippen LogP contribution is 2.11. The van der Waals surface area contributed by atoms with Gasteiger partial charge in [-0.2, -0.15) is 0 Å². The Morgan fingerprint density at radius 3 is 0.850 bits per heavy atom. The molecule has 0 radical (unpaired) electrons. The van der Waals surface area contributed by atoms with Gasteiger partial charge in [-0.1, -0.05) is 78.1 Å². The minimum absolute atomic E-state index is 0.0664. The van der Waals surface area contributed by atoms with E-state index in [0.29, 0.717) is 52.1 Å². The van der Waals surface area contributed by atoms with E-state index in [2.05, 4.69) is 13.8 Å². The Bertz CT molecular complexity index is 554. The van der Waals surface area contributed by atoms with E-state index in [-0.39, 0.29) is 23.9 Å². The first kappa shape index (κ1) is 40.0. The van der Waals surface area contributed by atoms with Crippen molar-refractivity contribution in [2.24, 2.45) is 0 Å². The monoisotopic (exact) mass is 572 g/mol. The quantitative estimate of drug-likeness (QED) is 0.0583. The molecule has 0 aromatic heterocycles. The lowest BCUT2D eigenvalue weighted by Gasteiger charge is -2.05. The Kier molecular flexibility index (Phi) is 33.1. The highest BCUT2D eigenvalue weighted by Gasteiger charge is 2.04. The fraction of sp³-hybridized carbons (Fsp3) is 0.875. The van der Waals surface area contributed by atoms with E-state index < -0.39 is 0 Å². The maximum absolute atomic E-state index is 11.4. The standard InChI is InChI=1S/C18H34O4.C14H26O4/c1-3-5-15-21-17(19)13-11-9-7-8-10-12-14-18(20)22-16-6-4-2;1-3-17-13(15)11-9-7-5-6-8-10-12-14(16)18-4-2/h3-16H2,1-2H3;3-12H2,1-2H3. The van der Waals surface area contributed by atoms with Crippen molar-refractivity contribution in [2.75, 3.05) is 26.4 Å². The molecule has 236 valence electrons. The molecule has 0 spiro atoms. The van der Waals surface area contributed by atoms with Crippen LogP contribution in [0.1, 0.15) is 156 Å². The Labute approximate surface area is 244 Å².